The van der Waals surface area contributed by atoms with Crippen LogP contribution in [0.1, 0.15) is 28.4 Å². The van der Waals surface area contributed by atoms with Crippen molar-refractivity contribution in [1.29, 1.82) is 0 Å². The number of benzene rings is 1. The first-order valence-electron chi connectivity index (χ1n) is 6.57. The molecule has 22 heavy (non-hydrogen) atoms. The fourth-order valence-electron chi connectivity index (χ4n) is 2.06. The lowest BCUT2D eigenvalue weighted by molar-refractivity contribution is -0.385. The van der Waals surface area contributed by atoms with Gasteiger partial charge in [0.25, 0.3) is 5.69 Å². The summed E-state index contributed by atoms with van der Waals surface area (Å²) in [7, 11) is 0. The van der Waals surface area contributed by atoms with Crippen LogP contribution in [0.3, 0.4) is 0 Å². The minimum Gasteiger partial charge on any atom is -0.457 e. The summed E-state index contributed by atoms with van der Waals surface area (Å²) in [5.74, 6) is -0.625. The normalized spacial score (nSPS) is 10.3. The Kier molecular flexibility index (Phi) is 5.06. The van der Waals surface area contributed by atoms with Crippen molar-refractivity contribution in [2.45, 2.75) is 20.0 Å². The van der Waals surface area contributed by atoms with Crippen LogP contribution in [0.15, 0.2) is 36.5 Å². The predicted octanol–water partition coefficient (Wildman–Crippen LogP) is 3.56. The molecule has 0 saturated carbocycles. The summed E-state index contributed by atoms with van der Waals surface area (Å²) in [4.78, 5) is 26.6. The first-order chi connectivity index (χ1) is 10.5. The van der Waals surface area contributed by atoms with Crippen LogP contribution in [0.5, 0.6) is 0 Å². The lowest BCUT2D eigenvalue weighted by atomic mass is 10.0. The third-order valence-electron chi connectivity index (χ3n) is 3.12. The van der Waals surface area contributed by atoms with Crippen LogP contribution in [0.2, 0.25) is 5.15 Å². The Hall–Kier alpha value is -2.47. The minimum absolute atomic E-state index is 0.0443. The van der Waals surface area contributed by atoms with Crippen LogP contribution < -0.4 is 0 Å². The number of esters is 1. The Morgan fingerprint density at radius 1 is 1.36 bits per heavy atom. The quantitative estimate of drug-likeness (QED) is 0.364. The van der Waals surface area contributed by atoms with Crippen LogP contribution in [0.25, 0.3) is 0 Å². The highest BCUT2D eigenvalue weighted by molar-refractivity contribution is 6.30. The van der Waals surface area contributed by atoms with Crippen molar-refractivity contribution in [2.24, 2.45) is 0 Å². The van der Waals surface area contributed by atoms with Gasteiger partial charge in [0.2, 0.25) is 0 Å². The van der Waals surface area contributed by atoms with E-state index in [1.807, 2.05) is 0 Å². The molecule has 0 N–H and O–H groups in total. The SMILES string of the molecule is CCc1c(C(=O)OCc2cccnc2Cl)cccc1[N+](=O)[O-]. The predicted molar refractivity (Wildman–Crippen MR) is 80.8 cm³/mol. The minimum atomic E-state index is -0.625. The van der Waals surface area contributed by atoms with E-state index in [1.165, 1.54) is 24.4 Å². The molecule has 0 aliphatic carbocycles. The zero-order chi connectivity index (χ0) is 16.1. The van der Waals surface area contributed by atoms with Gasteiger partial charge < -0.3 is 4.74 Å². The van der Waals surface area contributed by atoms with Crippen LogP contribution >= 0.6 is 11.6 Å². The van der Waals surface area contributed by atoms with Gasteiger partial charge in [-0.05, 0) is 18.6 Å². The number of carbonyl (C=O) groups excluding carboxylic acids is 1. The van der Waals surface area contributed by atoms with Crippen molar-refractivity contribution < 1.29 is 14.5 Å². The molecule has 0 aliphatic heterocycles. The lowest BCUT2D eigenvalue weighted by Gasteiger charge is -2.09. The van der Waals surface area contributed by atoms with Crippen molar-refractivity contribution in [3.63, 3.8) is 0 Å². The summed E-state index contributed by atoms with van der Waals surface area (Å²) in [6.07, 6.45) is 1.89. The smallest absolute Gasteiger partial charge is 0.339 e. The molecule has 0 atom stereocenters. The molecule has 1 aromatic heterocycles. The molecular formula is C15H13ClN2O4. The summed E-state index contributed by atoms with van der Waals surface area (Å²) in [5.41, 5.74) is 1.03. The Morgan fingerprint density at radius 2 is 2.14 bits per heavy atom. The monoisotopic (exact) mass is 320 g/mol. The van der Waals surface area contributed by atoms with E-state index >= 15 is 0 Å². The number of pyridine rings is 1. The fourth-order valence-corrected chi connectivity index (χ4v) is 2.23. The Morgan fingerprint density at radius 3 is 2.77 bits per heavy atom. The zero-order valence-corrected chi connectivity index (χ0v) is 12.5. The largest absolute Gasteiger partial charge is 0.457 e. The third kappa shape index (κ3) is 3.40. The van der Waals surface area contributed by atoms with E-state index in [0.717, 1.165) is 0 Å². The van der Waals surface area contributed by atoms with Crippen molar-refractivity contribution in [2.75, 3.05) is 0 Å². The second kappa shape index (κ2) is 7.00. The van der Waals surface area contributed by atoms with E-state index in [9.17, 15) is 14.9 Å². The summed E-state index contributed by atoms with van der Waals surface area (Å²) >= 11 is 5.89. The molecule has 2 aromatic rings. The number of rotatable bonds is 5. The van der Waals surface area contributed by atoms with Crippen molar-refractivity contribution in [3.05, 3.63) is 68.5 Å². The molecule has 6 nitrogen and oxygen atoms in total. The van der Waals surface area contributed by atoms with Crippen molar-refractivity contribution >= 4 is 23.3 Å². The van der Waals surface area contributed by atoms with Crippen LogP contribution in [-0.4, -0.2) is 15.9 Å². The van der Waals surface area contributed by atoms with E-state index in [4.69, 9.17) is 16.3 Å². The van der Waals surface area contributed by atoms with Gasteiger partial charge in [-0.15, -0.1) is 0 Å². The van der Waals surface area contributed by atoms with E-state index in [1.54, 1.807) is 19.1 Å². The van der Waals surface area contributed by atoms with E-state index in [0.29, 0.717) is 17.5 Å². The van der Waals surface area contributed by atoms with Gasteiger partial charge in [0.05, 0.1) is 10.5 Å². The van der Waals surface area contributed by atoms with Crippen molar-refractivity contribution in [3.8, 4) is 0 Å². The highest BCUT2D eigenvalue weighted by Crippen LogP contribution is 2.24. The number of nitrogens with zero attached hydrogens (tertiary/aromatic N) is 2. The number of ether oxygens (including phenoxy) is 1. The molecule has 1 heterocycles. The fraction of sp³-hybridized carbons (Fsp3) is 0.200. The molecule has 0 fully saturated rings. The van der Waals surface area contributed by atoms with Gasteiger partial charge in [0.1, 0.15) is 11.8 Å². The number of aromatic nitrogens is 1. The van der Waals surface area contributed by atoms with E-state index in [2.05, 4.69) is 4.98 Å². The van der Waals surface area contributed by atoms with Gasteiger partial charge in [-0.3, -0.25) is 10.1 Å². The molecule has 0 amide bonds. The van der Waals surface area contributed by atoms with E-state index < -0.39 is 10.9 Å². The van der Waals surface area contributed by atoms with Gasteiger partial charge in [-0.1, -0.05) is 30.7 Å². The third-order valence-corrected chi connectivity index (χ3v) is 3.46. The van der Waals surface area contributed by atoms with E-state index in [-0.39, 0.29) is 23.0 Å². The summed E-state index contributed by atoms with van der Waals surface area (Å²) in [6.45, 7) is 1.70. The number of hydrogen-bond donors (Lipinski definition) is 0. The number of hydrogen-bond acceptors (Lipinski definition) is 5. The van der Waals surface area contributed by atoms with Gasteiger partial charge in [-0.2, -0.15) is 0 Å². The van der Waals surface area contributed by atoms with Gasteiger partial charge in [0, 0.05) is 23.4 Å². The second-order valence-corrected chi connectivity index (χ2v) is 4.80. The van der Waals surface area contributed by atoms with Crippen LogP contribution in [0.4, 0.5) is 5.69 Å². The second-order valence-electron chi connectivity index (χ2n) is 4.44. The first-order valence-corrected chi connectivity index (χ1v) is 6.95. The van der Waals surface area contributed by atoms with Gasteiger partial charge in [-0.25, -0.2) is 9.78 Å². The number of nitro groups is 1. The number of halogens is 1. The molecule has 0 radical (unpaired) electrons. The Balaban J connectivity index is 2.21. The highest BCUT2D eigenvalue weighted by atomic mass is 35.5. The Labute approximate surface area is 131 Å². The van der Waals surface area contributed by atoms with Crippen LogP contribution in [0, 0.1) is 10.1 Å². The number of carbonyl (C=O) groups is 1. The summed E-state index contributed by atoms with van der Waals surface area (Å²) in [5, 5.41) is 11.3. The Bertz CT molecular complexity index is 718. The van der Waals surface area contributed by atoms with Crippen LogP contribution in [-0.2, 0) is 17.8 Å². The maximum atomic E-state index is 12.2. The van der Waals surface area contributed by atoms with Gasteiger partial charge in [0.15, 0.2) is 0 Å². The molecule has 0 spiro atoms. The summed E-state index contributed by atoms with van der Waals surface area (Å²) in [6, 6.07) is 7.72. The maximum Gasteiger partial charge on any atom is 0.339 e. The first kappa shape index (κ1) is 15.9. The lowest BCUT2D eigenvalue weighted by Crippen LogP contribution is -2.10. The molecule has 2 rings (SSSR count). The van der Waals surface area contributed by atoms with Gasteiger partial charge >= 0.3 is 5.97 Å². The molecule has 7 heteroatoms. The molecule has 0 aliphatic rings. The molecular weight excluding hydrogens is 308 g/mol. The average Bonchev–Trinajstić information content (AvgIpc) is 2.52. The molecule has 0 saturated heterocycles. The summed E-state index contributed by atoms with van der Waals surface area (Å²) < 4.78 is 5.19. The molecule has 114 valence electrons. The molecule has 1 aromatic carbocycles. The molecule has 0 bridgehead atoms. The molecule has 0 unspecified atom stereocenters. The maximum absolute atomic E-state index is 12.2. The average molecular weight is 321 g/mol. The highest BCUT2D eigenvalue weighted by Gasteiger charge is 2.21. The number of nitro benzene ring substituents is 1. The zero-order valence-electron chi connectivity index (χ0n) is 11.8. The topological polar surface area (TPSA) is 82.3 Å². The van der Waals surface area contributed by atoms with Crippen molar-refractivity contribution in [1.82, 2.24) is 4.98 Å². The standard InChI is InChI=1S/C15H13ClN2O4/c1-2-11-12(6-3-7-13(11)18(20)21)15(19)22-9-10-5-4-8-17-14(10)16/h3-8H,2,9H2,1H3.